The molecule has 0 saturated carbocycles. The van der Waals surface area contributed by atoms with E-state index >= 15 is 0 Å². The zero-order chi connectivity index (χ0) is 15.9. The van der Waals surface area contributed by atoms with Crippen LogP contribution in [-0.4, -0.2) is 36.3 Å². The monoisotopic (exact) mass is 312 g/mol. The molecule has 2 aromatic heterocycles. The molecule has 1 aromatic carbocycles. The second-order valence-electron chi connectivity index (χ2n) is 4.91. The number of rotatable bonds is 7. The Labute approximate surface area is 133 Å². The summed E-state index contributed by atoms with van der Waals surface area (Å²) >= 11 is 0. The predicted molar refractivity (Wildman–Crippen MR) is 80.7 cm³/mol. The van der Waals surface area contributed by atoms with Crippen LogP contribution in [0.3, 0.4) is 0 Å². The summed E-state index contributed by atoms with van der Waals surface area (Å²) in [4.78, 5) is 8.33. The van der Waals surface area contributed by atoms with Crippen molar-refractivity contribution < 1.29 is 9.47 Å². The minimum atomic E-state index is -0.178. The molecule has 118 valence electrons. The number of hydrogen-bond donors (Lipinski definition) is 0. The highest BCUT2D eigenvalue weighted by molar-refractivity contribution is 5.16. The first-order valence-electron chi connectivity index (χ1n) is 7.17. The van der Waals surface area contributed by atoms with Gasteiger partial charge in [0.2, 0.25) is 5.88 Å². The van der Waals surface area contributed by atoms with Crippen molar-refractivity contribution in [3.8, 4) is 11.9 Å². The highest BCUT2D eigenvalue weighted by Crippen LogP contribution is 2.13. The smallest absolute Gasteiger partial charge is 0.320 e. The third-order valence-electron chi connectivity index (χ3n) is 2.98. The average Bonchev–Trinajstić information content (AvgIpc) is 3.07. The van der Waals surface area contributed by atoms with Gasteiger partial charge in [-0.2, -0.15) is 4.98 Å². The third-order valence-corrected chi connectivity index (χ3v) is 2.98. The van der Waals surface area contributed by atoms with Crippen LogP contribution in [0.2, 0.25) is 0 Å². The van der Waals surface area contributed by atoms with Crippen molar-refractivity contribution in [2.75, 3.05) is 0 Å². The lowest BCUT2D eigenvalue weighted by Gasteiger charge is -2.13. The third kappa shape index (κ3) is 4.47. The van der Waals surface area contributed by atoms with E-state index in [0.717, 1.165) is 5.56 Å². The number of tetrazole rings is 1. The van der Waals surface area contributed by atoms with Crippen LogP contribution in [0.25, 0.3) is 0 Å². The van der Waals surface area contributed by atoms with Gasteiger partial charge < -0.3 is 9.47 Å². The molecule has 1 atom stereocenters. The number of hydrogen-bond acceptors (Lipinski definition) is 7. The van der Waals surface area contributed by atoms with Crippen molar-refractivity contribution in [1.82, 2.24) is 30.2 Å². The number of ether oxygens (including phenoxy) is 2. The molecule has 0 radical (unpaired) electrons. The van der Waals surface area contributed by atoms with Gasteiger partial charge in [0.05, 0.1) is 6.54 Å². The molecule has 8 heteroatoms. The Hall–Kier alpha value is -3.03. The molecule has 0 N–H and O–H groups in total. The standard InChI is InChI=1S/C15H16N6O2/c1-12(9-21-11-17-19-20-21)23-15-16-8-7-14(18-15)22-10-13-5-3-2-4-6-13/h2-8,11-12H,9-10H2,1H3/t12-/m0/s1. The summed E-state index contributed by atoms with van der Waals surface area (Å²) in [5, 5.41) is 10.9. The van der Waals surface area contributed by atoms with Gasteiger partial charge in [0.25, 0.3) is 0 Å². The Morgan fingerprint density at radius 3 is 2.83 bits per heavy atom. The van der Waals surface area contributed by atoms with E-state index in [2.05, 4.69) is 25.5 Å². The molecule has 2 heterocycles. The molecule has 0 amide bonds. The van der Waals surface area contributed by atoms with E-state index in [-0.39, 0.29) is 12.1 Å². The van der Waals surface area contributed by atoms with Gasteiger partial charge in [0.1, 0.15) is 19.0 Å². The van der Waals surface area contributed by atoms with Crippen LogP contribution in [0.4, 0.5) is 0 Å². The maximum absolute atomic E-state index is 5.66. The van der Waals surface area contributed by atoms with Crippen molar-refractivity contribution in [3.05, 3.63) is 54.5 Å². The Morgan fingerprint density at radius 2 is 2.04 bits per heavy atom. The summed E-state index contributed by atoms with van der Waals surface area (Å²) in [7, 11) is 0. The molecule has 0 bridgehead atoms. The molecule has 0 aliphatic rings. The lowest BCUT2D eigenvalue weighted by atomic mass is 10.2. The average molecular weight is 312 g/mol. The van der Waals surface area contributed by atoms with Crippen LogP contribution in [0.5, 0.6) is 11.9 Å². The summed E-state index contributed by atoms with van der Waals surface area (Å²) in [6, 6.07) is 11.8. The second kappa shape index (κ2) is 7.30. The Bertz CT molecular complexity index is 720. The Kier molecular flexibility index (Phi) is 4.72. The van der Waals surface area contributed by atoms with E-state index in [1.807, 2.05) is 37.3 Å². The minimum Gasteiger partial charge on any atom is -0.473 e. The quantitative estimate of drug-likeness (QED) is 0.653. The van der Waals surface area contributed by atoms with Gasteiger partial charge in [0.15, 0.2) is 0 Å². The van der Waals surface area contributed by atoms with Crippen LogP contribution in [-0.2, 0) is 13.2 Å². The summed E-state index contributed by atoms with van der Waals surface area (Å²) in [6.07, 6.45) is 2.95. The van der Waals surface area contributed by atoms with Crippen molar-refractivity contribution in [2.24, 2.45) is 0 Å². The maximum Gasteiger partial charge on any atom is 0.320 e. The second-order valence-corrected chi connectivity index (χ2v) is 4.91. The number of aromatic nitrogens is 6. The SMILES string of the molecule is C[C@@H](Cn1cnnn1)Oc1nccc(OCc2ccccc2)n1. The summed E-state index contributed by atoms with van der Waals surface area (Å²) in [5.41, 5.74) is 1.07. The van der Waals surface area contributed by atoms with Gasteiger partial charge in [-0.25, -0.2) is 9.67 Å². The first-order chi connectivity index (χ1) is 11.3. The molecule has 8 nitrogen and oxygen atoms in total. The molecule has 23 heavy (non-hydrogen) atoms. The minimum absolute atomic E-state index is 0.178. The topological polar surface area (TPSA) is 87.8 Å². The Morgan fingerprint density at radius 1 is 1.17 bits per heavy atom. The van der Waals surface area contributed by atoms with Crippen LogP contribution in [0.1, 0.15) is 12.5 Å². The fraction of sp³-hybridized carbons (Fsp3) is 0.267. The van der Waals surface area contributed by atoms with Crippen LogP contribution in [0, 0.1) is 0 Å². The van der Waals surface area contributed by atoms with Crippen LogP contribution < -0.4 is 9.47 Å². The number of nitrogens with zero attached hydrogens (tertiary/aromatic N) is 6. The van der Waals surface area contributed by atoms with E-state index in [0.29, 0.717) is 19.0 Å². The zero-order valence-electron chi connectivity index (χ0n) is 12.6. The van der Waals surface area contributed by atoms with Crippen molar-refractivity contribution in [1.29, 1.82) is 0 Å². The Balaban J connectivity index is 1.56. The highest BCUT2D eigenvalue weighted by Gasteiger charge is 2.09. The van der Waals surface area contributed by atoms with E-state index < -0.39 is 0 Å². The first-order valence-corrected chi connectivity index (χ1v) is 7.17. The summed E-state index contributed by atoms with van der Waals surface area (Å²) < 4.78 is 12.9. The van der Waals surface area contributed by atoms with E-state index in [1.54, 1.807) is 16.9 Å². The van der Waals surface area contributed by atoms with Crippen LogP contribution >= 0.6 is 0 Å². The van der Waals surface area contributed by atoms with Gasteiger partial charge in [0, 0.05) is 12.3 Å². The largest absolute Gasteiger partial charge is 0.473 e. The molecule has 0 aliphatic carbocycles. The summed E-state index contributed by atoms with van der Waals surface area (Å²) in [6.45, 7) is 2.84. The van der Waals surface area contributed by atoms with Gasteiger partial charge in [-0.1, -0.05) is 30.3 Å². The molecule has 0 saturated heterocycles. The number of benzene rings is 1. The van der Waals surface area contributed by atoms with Gasteiger partial charge >= 0.3 is 6.01 Å². The molecular formula is C15H16N6O2. The molecular weight excluding hydrogens is 296 g/mol. The maximum atomic E-state index is 5.66. The molecule has 0 fully saturated rings. The molecule has 0 unspecified atom stereocenters. The lowest BCUT2D eigenvalue weighted by molar-refractivity contribution is 0.173. The van der Waals surface area contributed by atoms with E-state index in [4.69, 9.17) is 9.47 Å². The summed E-state index contributed by atoms with van der Waals surface area (Å²) in [5.74, 6) is 0.466. The normalized spacial score (nSPS) is 11.9. The van der Waals surface area contributed by atoms with E-state index in [1.165, 1.54) is 6.33 Å². The van der Waals surface area contributed by atoms with Crippen molar-refractivity contribution in [2.45, 2.75) is 26.2 Å². The van der Waals surface area contributed by atoms with E-state index in [9.17, 15) is 0 Å². The fourth-order valence-electron chi connectivity index (χ4n) is 1.94. The zero-order valence-corrected chi connectivity index (χ0v) is 12.6. The lowest BCUT2D eigenvalue weighted by Crippen LogP contribution is -2.21. The van der Waals surface area contributed by atoms with Gasteiger partial charge in [-0.3, -0.25) is 0 Å². The molecule has 0 spiro atoms. The fourth-order valence-corrected chi connectivity index (χ4v) is 1.94. The molecule has 3 aromatic rings. The first kappa shape index (κ1) is 14.9. The van der Waals surface area contributed by atoms with Crippen LogP contribution in [0.15, 0.2) is 48.9 Å². The van der Waals surface area contributed by atoms with Gasteiger partial charge in [-0.15, -0.1) is 5.10 Å². The highest BCUT2D eigenvalue weighted by atomic mass is 16.5. The predicted octanol–water partition coefficient (Wildman–Crippen LogP) is 1.51. The van der Waals surface area contributed by atoms with Crippen molar-refractivity contribution >= 4 is 0 Å². The van der Waals surface area contributed by atoms with Crippen molar-refractivity contribution in [3.63, 3.8) is 0 Å². The molecule has 3 rings (SSSR count). The molecule has 0 aliphatic heterocycles. The van der Waals surface area contributed by atoms with Gasteiger partial charge in [-0.05, 0) is 22.9 Å².